The van der Waals surface area contributed by atoms with Gasteiger partial charge in [0.05, 0.1) is 26.4 Å². The van der Waals surface area contributed by atoms with Crippen LogP contribution in [0.5, 0.6) is 0 Å². The number of unbranched alkanes of at least 4 members (excludes halogenated alkanes) is 16. The van der Waals surface area contributed by atoms with Gasteiger partial charge in [-0.25, -0.2) is 9.13 Å². The normalized spacial score (nSPS) is 15.1. The first-order valence-electron chi connectivity index (χ1n) is 34.1. The lowest BCUT2D eigenvalue weighted by molar-refractivity contribution is -0.161. The fourth-order valence-electron chi connectivity index (χ4n) is 8.42. The summed E-state index contributed by atoms with van der Waals surface area (Å²) in [6, 6.07) is 0. The molecule has 4 N–H and O–H groups in total. The van der Waals surface area contributed by atoms with Crippen LogP contribution in [0, 0.1) is 0 Å². The number of phosphoric acid groups is 2. The van der Waals surface area contributed by atoms with E-state index in [9.17, 15) is 43.5 Å². The second-order valence-electron chi connectivity index (χ2n) is 22.2. The van der Waals surface area contributed by atoms with Crippen LogP contribution in [0.3, 0.4) is 0 Å². The number of allylic oxidation sites excluding steroid dienone is 24. The van der Waals surface area contributed by atoms with E-state index in [2.05, 4.69) is 167 Å². The SMILES string of the molecule is CC/C=C\C/C=C\C/C=C\C/C=C\C/C=C\CCCCCCCC(=O)OCC(O)COP(=O)(O)OCC(O)COP(=O)(O)OCC(COC(=O)CCCCCC/C=C\C/C=C\C/C=C\C/C=C\CC)OC(=O)CCCCCCCCC/C=C\C/C=C\C/C=C\CC. The van der Waals surface area contributed by atoms with Gasteiger partial charge in [0.15, 0.2) is 6.10 Å². The summed E-state index contributed by atoms with van der Waals surface area (Å²) in [5, 5.41) is 20.6. The van der Waals surface area contributed by atoms with Gasteiger partial charge in [0.25, 0.3) is 0 Å². The predicted octanol–water partition coefficient (Wildman–Crippen LogP) is 19.0. The highest BCUT2D eigenvalue weighted by Gasteiger charge is 2.29. The molecule has 518 valence electrons. The summed E-state index contributed by atoms with van der Waals surface area (Å²) in [7, 11) is -9.80. The Labute approximate surface area is 549 Å². The van der Waals surface area contributed by atoms with Crippen LogP contribution in [0.1, 0.15) is 239 Å². The van der Waals surface area contributed by atoms with E-state index in [1.165, 1.54) is 0 Å². The van der Waals surface area contributed by atoms with Crippen LogP contribution in [0.15, 0.2) is 146 Å². The monoisotopic (exact) mass is 1310 g/mol. The Bertz CT molecular complexity index is 2240. The summed E-state index contributed by atoms with van der Waals surface area (Å²) in [5.41, 5.74) is 0. The molecule has 0 saturated carbocycles. The molecule has 0 saturated heterocycles. The molecule has 0 fully saturated rings. The van der Waals surface area contributed by atoms with Crippen molar-refractivity contribution >= 4 is 33.6 Å². The Hall–Kier alpha value is -4.57. The molecular weight excluding hydrogens is 1190 g/mol. The number of esters is 3. The lowest BCUT2D eigenvalue weighted by atomic mass is 10.1. The zero-order valence-electron chi connectivity index (χ0n) is 56.0. The first kappa shape index (κ1) is 86.4. The smallest absolute Gasteiger partial charge is 0.463 e. The van der Waals surface area contributed by atoms with Gasteiger partial charge in [-0.3, -0.25) is 32.5 Å². The second kappa shape index (κ2) is 65.5. The average Bonchev–Trinajstić information content (AvgIpc) is 3.74. The number of carbonyl (C=O) groups is 3. The van der Waals surface area contributed by atoms with Gasteiger partial charge < -0.3 is 34.2 Å². The number of carbonyl (C=O) groups excluding carboxylic acids is 3. The van der Waals surface area contributed by atoms with Crippen molar-refractivity contribution in [2.24, 2.45) is 0 Å². The molecule has 0 spiro atoms. The Kier molecular flexibility index (Phi) is 62.2. The fourth-order valence-corrected chi connectivity index (χ4v) is 10.0. The summed E-state index contributed by atoms with van der Waals surface area (Å²) in [6.45, 7) is 2.24. The molecule has 0 aromatic heterocycles. The molecule has 0 aliphatic rings. The minimum atomic E-state index is -4.94. The van der Waals surface area contributed by atoms with Gasteiger partial charge in [0.1, 0.15) is 25.4 Å². The number of aliphatic hydroxyl groups is 2. The van der Waals surface area contributed by atoms with Crippen molar-refractivity contribution in [1.29, 1.82) is 0 Å². The molecule has 0 aromatic carbocycles. The molecule has 0 radical (unpaired) electrons. The topological polar surface area (TPSA) is 231 Å². The molecule has 0 aliphatic heterocycles. The van der Waals surface area contributed by atoms with E-state index in [4.69, 9.17) is 32.3 Å². The van der Waals surface area contributed by atoms with Gasteiger partial charge >= 0.3 is 33.6 Å². The van der Waals surface area contributed by atoms with E-state index in [-0.39, 0.29) is 19.3 Å². The number of rotatable bonds is 63. The Morgan fingerprint density at radius 3 is 0.868 bits per heavy atom. The zero-order valence-corrected chi connectivity index (χ0v) is 57.7. The van der Waals surface area contributed by atoms with Gasteiger partial charge in [0.2, 0.25) is 0 Å². The zero-order chi connectivity index (χ0) is 66.7. The van der Waals surface area contributed by atoms with Gasteiger partial charge in [-0.05, 0) is 135 Å². The van der Waals surface area contributed by atoms with Crippen molar-refractivity contribution < 1.29 is 75.8 Å². The maximum absolute atomic E-state index is 12.9. The van der Waals surface area contributed by atoms with E-state index in [0.29, 0.717) is 19.3 Å². The molecule has 0 aromatic rings. The van der Waals surface area contributed by atoms with E-state index in [1.54, 1.807) is 0 Å². The highest BCUT2D eigenvalue weighted by molar-refractivity contribution is 7.47. The molecule has 0 heterocycles. The summed E-state index contributed by atoms with van der Waals surface area (Å²) in [4.78, 5) is 58.4. The lowest BCUT2D eigenvalue weighted by Gasteiger charge is -2.21. The molecule has 5 atom stereocenters. The predicted molar refractivity (Wildman–Crippen MR) is 371 cm³/mol. The van der Waals surface area contributed by atoms with Crippen LogP contribution in [-0.2, 0) is 55.8 Å². The summed E-state index contributed by atoms with van der Waals surface area (Å²) in [5.74, 6) is -1.64. The van der Waals surface area contributed by atoms with Crippen LogP contribution in [-0.4, -0.2) is 95.9 Å². The molecule has 0 rings (SSSR count). The average molecular weight is 1320 g/mol. The third-order valence-electron chi connectivity index (χ3n) is 13.5. The van der Waals surface area contributed by atoms with E-state index in [0.717, 1.165) is 180 Å². The quantitative estimate of drug-likeness (QED) is 0.0146. The van der Waals surface area contributed by atoms with Crippen molar-refractivity contribution in [2.75, 3.05) is 39.6 Å². The van der Waals surface area contributed by atoms with Crippen LogP contribution in [0.2, 0.25) is 0 Å². The molecular formula is C73H120O16P2. The van der Waals surface area contributed by atoms with Crippen LogP contribution in [0.25, 0.3) is 0 Å². The minimum absolute atomic E-state index is 0.0821. The van der Waals surface area contributed by atoms with Crippen LogP contribution >= 0.6 is 15.6 Å². The van der Waals surface area contributed by atoms with E-state index in [1.807, 2.05) is 0 Å². The Morgan fingerprint density at radius 2 is 0.549 bits per heavy atom. The summed E-state index contributed by atoms with van der Waals surface area (Å²) < 4.78 is 60.9. The maximum Gasteiger partial charge on any atom is 0.472 e. The number of ether oxygens (including phenoxy) is 3. The summed E-state index contributed by atoms with van der Waals surface area (Å²) in [6.07, 6.45) is 77.5. The first-order chi connectivity index (χ1) is 44.2. The fraction of sp³-hybridized carbons (Fsp3) is 0.630. The number of aliphatic hydroxyl groups excluding tert-OH is 2. The minimum Gasteiger partial charge on any atom is -0.463 e. The summed E-state index contributed by atoms with van der Waals surface area (Å²) >= 11 is 0. The molecule has 91 heavy (non-hydrogen) atoms. The number of hydrogen-bond acceptors (Lipinski definition) is 14. The Balaban J connectivity index is 4.73. The molecule has 0 aliphatic carbocycles. The van der Waals surface area contributed by atoms with Crippen molar-refractivity contribution in [1.82, 2.24) is 0 Å². The van der Waals surface area contributed by atoms with Gasteiger partial charge in [-0.15, -0.1) is 0 Å². The standard InChI is InChI=1S/C73H120O16P2/c1-4-7-10-13-16-19-22-25-28-31-32-33-34-37-39-41-44-47-50-53-56-59-71(76)83-62-68(74)63-85-90(79,80)86-64-69(75)65-87-91(81,82)88-67-70(89-73(78)61-58-55-52-49-46-43-40-36-30-27-24-21-18-15-12-9-6-3)66-84-72(77)60-57-54-51-48-45-42-38-35-29-26-23-20-17-14-11-8-5-2/h7-12,16-21,25-30,32-33,37-39,42,68-70,74-75H,4-6,13-15,22-24,31,34-36,40-41,43-67H2,1-3H3,(H,79,80)(H,81,82)/b10-7-,11-8-,12-9-,19-16-,20-17-,21-18-,28-25-,29-26-,30-27-,33-32-,39-37-,42-38-. The second-order valence-corrected chi connectivity index (χ2v) is 25.1. The van der Waals surface area contributed by atoms with E-state index >= 15 is 0 Å². The highest BCUT2D eigenvalue weighted by atomic mass is 31.2. The highest BCUT2D eigenvalue weighted by Crippen LogP contribution is 2.45. The maximum atomic E-state index is 12.9. The van der Waals surface area contributed by atoms with E-state index < -0.39 is 91.5 Å². The van der Waals surface area contributed by atoms with Crippen molar-refractivity contribution in [2.45, 2.75) is 257 Å². The van der Waals surface area contributed by atoms with Gasteiger partial charge in [-0.2, -0.15) is 0 Å². The molecule has 0 bridgehead atoms. The lowest BCUT2D eigenvalue weighted by Crippen LogP contribution is -2.30. The third-order valence-corrected chi connectivity index (χ3v) is 15.4. The van der Waals surface area contributed by atoms with Gasteiger partial charge in [-0.1, -0.05) is 231 Å². The van der Waals surface area contributed by atoms with Gasteiger partial charge in [0, 0.05) is 19.3 Å². The number of phosphoric ester groups is 2. The molecule has 5 unspecified atom stereocenters. The molecule has 16 nitrogen and oxygen atoms in total. The largest absolute Gasteiger partial charge is 0.472 e. The van der Waals surface area contributed by atoms with Crippen molar-refractivity contribution in [3.8, 4) is 0 Å². The number of hydrogen-bond donors (Lipinski definition) is 4. The van der Waals surface area contributed by atoms with Crippen molar-refractivity contribution in [3.05, 3.63) is 146 Å². The molecule has 0 amide bonds. The first-order valence-corrected chi connectivity index (χ1v) is 37.1. The van der Waals surface area contributed by atoms with Crippen LogP contribution in [0.4, 0.5) is 0 Å². The van der Waals surface area contributed by atoms with Crippen LogP contribution < -0.4 is 0 Å². The molecule has 18 heteroatoms. The van der Waals surface area contributed by atoms with Crippen molar-refractivity contribution in [3.63, 3.8) is 0 Å². The Morgan fingerprint density at radius 1 is 0.308 bits per heavy atom. The third kappa shape index (κ3) is 66.7.